The molecule has 1 heterocycles. The number of aromatic nitrogens is 1. The molecule has 0 fully saturated rings. The second-order valence-electron chi connectivity index (χ2n) is 4.93. The average molecular weight is 400 g/mol. The summed E-state index contributed by atoms with van der Waals surface area (Å²) < 4.78 is 26.5. The lowest BCUT2D eigenvalue weighted by molar-refractivity contribution is 0.596. The highest BCUT2D eigenvalue weighted by Gasteiger charge is 2.25. The van der Waals surface area contributed by atoms with Crippen molar-refractivity contribution in [3.05, 3.63) is 51.6 Å². The summed E-state index contributed by atoms with van der Waals surface area (Å²) in [6.07, 6.45) is 0. The molecule has 0 unspecified atom stereocenters. The first kappa shape index (κ1) is 15.4. The molecular weight excluding hydrogens is 388 g/mol. The Hall–Kier alpha value is -1.50. The summed E-state index contributed by atoms with van der Waals surface area (Å²) in [4.78, 5) is 3.47. The Bertz CT molecular complexity index is 996. The molecule has 0 aliphatic heterocycles. The number of sulfone groups is 1. The molecule has 0 aliphatic rings. The van der Waals surface area contributed by atoms with Crippen LogP contribution < -0.4 is 5.73 Å². The van der Waals surface area contributed by atoms with Crippen LogP contribution in [-0.2, 0) is 9.84 Å². The first-order valence-electron chi connectivity index (χ1n) is 6.39. The second kappa shape index (κ2) is 5.30. The third kappa shape index (κ3) is 2.31. The van der Waals surface area contributed by atoms with Gasteiger partial charge in [0.05, 0.1) is 20.3 Å². The zero-order valence-corrected chi connectivity index (χ0v) is 14.7. The third-order valence-electron chi connectivity index (χ3n) is 3.46. The normalized spacial score (nSPS) is 12.0. The molecule has 4 nitrogen and oxygen atoms in total. The van der Waals surface area contributed by atoms with Gasteiger partial charge < -0.3 is 10.7 Å². The molecule has 114 valence electrons. The van der Waals surface area contributed by atoms with E-state index >= 15 is 0 Å². The van der Waals surface area contributed by atoms with E-state index < -0.39 is 9.84 Å². The zero-order chi connectivity index (χ0) is 16.1. The van der Waals surface area contributed by atoms with Crippen molar-refractivity contribution in [2.24, 2.45) is 0 Å². The van der Waals surface area contributed by atoms with Crippen LogP contribution in [0.25, 0.3) is 10.9 Å². The predicted molar refractivity (Wildman–Crippen MR) is 92.1 cm³/mol. The lowest BCUT2D eigenvalue weighted by Crippen LogP contribution is -2.03. The molecule has 1 aromatic heterocycles. The maximum atomic E-state index is 13.0. The molecule has 7 heteroatoms. The molecule has 0 spiro atoms. The van der Waals surface area contributed by atoms with E-state index in [4.69, 9.17) is 17.3 Å². The number of nitrogens with one attached hydrogen (secondary N) is 1. The number of aromatic amines is 1. The average Bonchev–Trinajstić information content (AvgIpc) is 2.80. The maximum absolute atomic E-state index is 13.0. The van der Waals surface area contributed by atoms with Gasteiger partial charge in [0.2, 0.25) is 9.84 Å². The molecule has 3 aromatic rings. The predicted octanol–water partition coefficient (Wildman–Crippen LogP) is 4.31. The van der Waals surface area contributed by atoms with E-state index in [-0.39, 0.29) is 9.79 Å². The molecule has 0 saturated carbocycles. The second-order valence-corrected chi connectivity index (χ2v) is 8.08. The molecule has 0 radical (unpaired) electrons. The fourth-order valence-corrected chi connectivity index (χ4v) is 4.85. The third-order valence-corrected chi connectivity index (χ3v) is 6.40. The van der Waals surface area contributed by atoms with E-state index in [0.717, 1.165) is 0 Å². The number of aryl methyl sites for hydroxylation is 1. The van der Waals surface area contributed by atoms with Gasteiger partial charge in [0.25, 0.3) is 0 Å². The highest BCUT2D eigenvalue weighted by atomic mass is 79.9. The SMILES string of the molecule is Cc1[nH]c2c(Cl)cccc2c1S(=O)(=O)c1ccc(N)c(Br)c1. The minimum Gasteiger partial charge on any atom is -0.398 e. The van der Waals surface area contributed by atoms with E-state index in [2.05, 4.69) is 20.9 Å². The summed E-state index contributed by atoms with van der Waals surface area (Å²) in [5.41, 5.74) is 7.38. The van der Waals surface area contributed by atoms with Gasteiger partial charge in [-0.3, -0.25) is 0 Å². The van der Waals surface area contributed by atoms with E-state index in [9.17, 15) is 8.42 Å². The van der Waals surface area contributed by atoms with Crippen molar-refractivity contribution >= 4 is 54.0 Å². The summed E-state index contributed by atoms with van der Waals surface area (Å²) >= 11 is 9.40. The van der Waals surface area contributed by atoms with Gasteiger partial charge in [-0.2, -0.15) is 0 Å². The summed E-state index contributed by atoms with van der Waals surface area (Å²) in [6.45, 7) is 1.72. The van der Waals surface area contributed by atoms with Gasteiger partial charge in [0.15, 0.2) is 0 Å². The molecule has 0 saturated heterocycles. The monoisotopic (exact) mass is 398 g/mol. The highest BCUT2D eigenvalue weighted by Crippen LogP contribution is 2.35. The summed E-state index contributed by atoms with van der Waals surface area (Å²) in [7, 11) is -3.68. The Labute approximate surface area is 141 Å². The largest absolute Gasteiger partial charge is 0.398 e. The number of nitrogen functional groups attached to an aromatic ring is 1. The topological polar surface area (TPSA) is 76.0 Å². The quantitative estimate of drug-likeness (QED) is 0.631. The van der Waals surface area contributed by atoms with Crippen LogP contribution in [0, 0.1) is 6.92 Å². The molecule has 22 heavy (non-hydrogen) atoms. The number of para-hydroxylation sites is 1. The Morgan fingerprint density at radius 3 is 2.64 bits per heavy atom. The van der Waals surface area contributed by atoms with Gasteiger partial charge in [-0.1, -0.05) is 23.7 Å². The molecule has 0 bridgehead atoms. The molecular formula is C15H12BrClN2O2S. The first-order chi connectivity index (χ1) is 10.3. The van der Waals surface area contributed by atoms with Crippen LogP contribution in [0.1, 0.15) is 5.69 Å². The van der Waals surface area contributed by atoms with E-state index in [1.165, 1.54) is 12.1 Å². The molecule has 2 aromatic carbocycles. The molecule has 0 atom stereocenters. The smallest absolute Gasteiger partial charge is 0.209 e. The minimum atomic E-state index is -3.68. The molecule has 3 N–H and O–H groups in total. The molecule has 0 aliphatic carbocycles. The maximum Gasteiger partial charge on any atom is 0.209 e. The van der Waals surface area contributed by atoms with E-state index in [1.807, 2.05) is 0 Å². The number of nitrogens with two attached hydrogens (primary N) is 1. The van der Waals surface area contributed by atoms with Crippen molar-refractivity contribution < 1.29 is 8.42 Å². The minimum absolute atomic E-state index is 0.178. The Morgan fingerprint density at radius 2 is 1.95 bits per heavy atom. The number of hydrogen-bond donors (Lipinski definition) is 2. The van der Waals surface area contributed by atoms with Crippen LogP contribution in [0.2, 0.25) is 5.02 Å². The standard InChI is InChI=1S/C15H12BrClN2O2S/c1-8-15(10-3-2-4-12(17)14(10)19-8)22(20,21)9-5-6-13(18)11(16)7-9/h2-7,19H,18H2,1H3. The summed E-state index contributed by atoms with van der Waals surface area (Å²) in [6, 6.07) is 9.76. The van der Waals surface area contributed by atoms with Crippen LogP contribution in [0.3, 0.4) is 0 Å². The Balaban J connectivity index is 2.32. The van der Waals surface area contributed by atoms with Crippen LogP contribution in [0.4, 0.5) is 5.69 Å². The Kier molecular flexibility index (Phi) is 3.71. The van der Waals surface area contributed by atoms with Crippen molar-refractivity contribution in [3.8, 4) is 0 Å². The van der Waals surface area contributed by atoms with Gasteiger partial charge in [-0.25, -0.2) is 8.42 Å². The molecule has 0 amide bonds. The first-order valence-corrected chi connectivity index (χ1v) is 9.04. The molecule has 3 rings (SSSR count). The number of rotatable bonds is 2. The van der Waals surface area contributed by atoms with Crippen LogP contribution >= 0.6 is 27.5 Å². The number of hydrogen-bond acceptors (Lipinski definition) is 3. The van der Waals surface area contributed by atoms with Gasteiger partial charge in [0, 0.05) is 21.2 Å². The lowest BCUT2D eigenvalue weighted by Gasteiger charge is -2.07. The van der Waals surface area contributed by atoms with Gasteiger partial charge in [-0.05, 0) is 47.1 Å². The van der Waals surface area contributed by atoms with Gasteiger partial charge >= 0.3 is 0 Å². The number of H-pyrrole nitrogens is 1. The fourth-order valence-electron chi connectivity index (χ4n) is 2.43. The highest BCUT2D eigenvalue weighted by molar-refractivity contribution is 9.10. The number of fused-ring (bicyclic) bond motifs is 1. The van der Waals surface area contributed by atoms with Gasteiger partial charge in [0.1, 0.15) is 0 Å². The summed E-state index contributed by atoms with van der Waals surface area (Å²) in [5.74, 6) is 0. The summed E-state index contributed by atoms with van der Waals surface area (Å²) in [5, 5.41) is 1.07. The van der Waals surface area contributed by atoms with Gasteiger partial charge in [-0.15, -0.1) is 0 Å². The van der Waals surface area contributed by atoms with Crippen molar-refractivity contribution in [3.63, 3.8) is 0 Å². The van der Waals surface area contributed by atoms with Crippen molar-refractivity contribution in [2.75, 3.05) is 5.73 Å². The number of halogens is 2. The zero-order valence-electron chi connectivity index (χ0n) is 11.5. The van der Waals surface area contributed by atoms with Crippen LogP contribution in [0.15, 0.2) is 50.7 Å². The number of benzene rings is 2. The van der Waals surface area contributed by atoms with E-state index in [0.29, 0.717) is 31.8 Å². The van der Waals surface area contributed by atoms with Crippen molar-refractivity contribution in [2.45, 2.75) is 16.7 Å². The van der Waals surface area contributed by atoms with E-state index in [1.54, 1.807) is 31.2 Å². The van der Waals surface area contributed by atoms with Crippen LogP contribution in [0.5, 0.6) is 0 Å². The number of anilines is 1. The van der Waals surface area contributed by atoms with Crippen LogP contribution in [-0.4, -0.2) is 13.4 Å². The van der Waals surface area contributed by atoms with Crippen molar-refractivity contribution in [1.29, 1.82) is 0 Å². The Morgan fingerprint density at radius 1 is 1.23 bits per heavy atom. The lowest BCUT2D eigenvalue weighted by atomic mass is 10.2. The fraction of sp³-hybridized carbons (Fsp3) is 0.0667. The van der Waals surface area contributed by atoms with Crippen molar-refractivity contribution in [1.82, 2.24) is 4.98 Å².